The van der Waals surface area contributed by atoms with Crippen molar-refractivity contribution in [2.75, 3.05) is 19.6 Å². The van der Waals surface area contributed by atoms with Gasteiger partial charge in [-0.1, -0.05) is 25.1 Å². The highest BCUT2D eigenvalue weighted by Crippen LogP contribution is 2.47. The maximum atomic E-state index is 12.1. The van der Waals surface area contributed by atoms with Crippen LogP contribution in [0.4, 0.5) is 0 Å². The van der Waals surface area contributed by atoms with Crippen LogP contribution in [0.25, 0.3) is 10.9 Å². The highest BCUT2D eigenvalue weighted by molar-refractivity contribution is 7.53. The molecule has 0 radical (unpaired) electrons. The normalized spacial score (nSPS) is 14.1. The summed E-state index contributed by atoms with van der Waals surface area (Å²) in [5, 5.41) is 0.980. The van der Waals surface area contributed by atoms with Gasteiger partial charge in [0, 0.05) is 17.7 Å². The van der Waals surface area contributed by atoms with Crippen LogP contribution in [0.1, 0.15) is 13.8 Å². The third-order valence-corrected chi connectivity index (χ3v) is 4.70. The second kappa shape index (κ2) is 6.84. The van der Waals surface area contributed by atoms with Crippen LogP contribution in [0, 0.1) is 0 Å². The fourth-order valence-electron chi connectivity index (χ4n) is 1.78. The number of hydrogen-bond acceptors (Lipinski definition) is 5. The van der Waals surface area contributed by atoms with Crippen LogP contribution in [0.2, 0.25) is 0 Å². The number of benzene rings is 1. The molecular formula is C14H18NO4P. The highest BCUT2D eigenvalue weighted by Gasteiger charge is 2.21. The molecule has 0 bridgehead atoms. The summed E-state index contributed by atoms with van der Waals surface area (Å²) in [6.07, 6.45) is 2.02. The average molecular weight is 295 g/mol. The number of pyridine rings is 1. The van der Waals surface area contributed by atoms with Gasteiger partial charge in [0.1, 0.15) is 11.3 Å². The van der Waals surface area contributed by atoms with E-state index in [4.69, 9.17) is 13.8 Å². The van der Waals surface area contributed by atoms with Crippen molar-refractivity contribution in [3.05, 3.63) is 36.5 Å². The van der Waals surface area contributed by atoms with Gasteiger partial charge in [0.25, 0.3) is 0 Å². The molecule has 0 N–H and O–H groups in total. The third-order valence-electron chi connectivity index (χ3n) is 2.77. The highest BCUT2D eigenvalue weighted by atomic mass is 31.2. The topological polar surface area (TPSA) is 57.7 Å². The molecule has 108 valence electrons. The van der Waals surface area contributed by atoms with E-state index in [9.17, 15) is 4.57 Å². The summed E-state index contributed by atoms with van der Waals surface area (Å²) in [7, 11) is -3.04. The number of aromatic nitrogens is 1. The number of nitrogens with zero attached hydrogens (tertiary/aromatic N) is 1. The Morgan fingerprint density at radius 3 is 2.70 bits per heavy atom. The Morgan fingerprint density at radius 2 is 1.95 bits per heavy atom. The molecule has 0 spiro atoms. The summed E-state index contributed by atoms with van der Waals surface area (Å²) in [6.45, 7) is 3.76. The summed E-state index contributed by atoms with van der Waals surface area (Å²) in [6, 6.07) is 9.45. The van der Waals surface area contributed by atoms with E-state index in [2.05, 4.69) is 4.98 Å². The Labute approximate surface area is 118 Å². The Kier molecular flexibility index (Phi) is 5.12. The minimum atomic E-state index is -3.04. The molecule has 0 aliphatic carbocycles. The lowest BCUT2D eigenvalue weighted by atomic mass is 10.2. The van der Waals surface area contributed by atoms with Gasteiger partial charge in [-0.2, -0.15) is 0 Å². The van der Waals surface area contributed by atoms with E-state index in [1.165, 1.54) is 0 Å². The number of para-hydroxylation sites is 1. The lowest BCUT2D eigenvalue weighted by molar-refractivity contribution is 0.0965. The van der Waals surface area contributed by atoms with Gasteiger partial charge in [-0.25, -0.2) is 0 Å². The maximum absolute atomic E-state index is 12.1. The predicted octanol–water partition coefficient (Wildman–Crippen LogP) is 3.84. The molecular weight excluding hydrogens is 277 g/mol. The van der Waals surface area contributed by atoms with Crippen LogP contribution >= 0.6 is 7.60 Å². The first-order valence-electron chi connectivity index (χ1n) is 6.53. The molecule has 0 saturated heterocycles. The fourth-order valence-corrected chi connectivity index (χ4v) is 2.83. The average Bonchev–Trinajstić information content (AvgIpc) is 2.48. The van der Waals surface area contributed by atoms with E-state index in [0.717, 1.165) is 10.9 Å². The van der Waals surface area contributed by atoms with Crippen molar-refractivity contribution in [2.45, 2.75) is 13.8 Å². The van der Waals surface area contributed by atoms with Crippen molar-refractivity contribution in [1.29, 1.82) is 0 Å². The first kappa shape index (κ1) is 15.0. The lowest BCUT2D eigenvalue weighted by Crippen LogP contribution is -2.05. The molecule has 2 aromatic rings. The van der Waals surface area contributed by atoms with Crippen molar-refractivity contribution in [2.24, 2.45) is 0 Å². The standard InChI is InChI=1S/C14H18NO4P/c1-3-18-20(16,4-2)19-11-17-13-9-5-7-12-8-6-10-15-14(12)13/h5-10H,3-4,11H2,1-2H3. The van der Waals surface area contributed by atoms with E-state index >= 15 is 0 Å². The van der Waals surface area contributed by atoms with Gasteiger partial charge in [0.05, 0.1) is 6.61 Å². The van der Waals surface area contributed by atoms with Crippen molar-refractivity contribution in [1.82, 2.24) is 4.98 Å². The molecule has 1 heterocycles. The molecule has 1 atom stereocenters. The van der Waals surface area contributed by atoms with Crippen molar-refractivity contribution < 1.29 is 18.3 Å². The van der Waals surface area contributed by atoms with Gasteiger partial charge in [-0.15, -0.1) is 0 Å². The van der Waals surface area contributed by atoms with Gasteiger partial charge in [0.2, 0.25) is 0 Å². The number of fused-ring (bicyclic) bond motifs is 1. The fraction of sp³-hybridized carbons (Fsp3) is 0.357. The number of rotatable bonds is 7. The van der Waals surface area contributed by atoms with Crippen LogP contribution in [0.15, 0.2) is 36.5 Å². The summed E-state index contributed by atoms with van der Waals surface area (Å²) in [5.74, 6) is 0.599. The third kappa shape index (κ3) is 3.57. The van der Waals surface area contributed by atoms with E-state index < -0.39 is 7.60 Å². The predicted molar refractivity (Wildman–Crippen MR) is 78.1 cm³/mol. The van der Waals surface area contributed by atoms with E-state index in [1.807, 2.05) is 24.3 Å². The van der Waals surface area contributed by atoms with Crippen molar-refractivity contribution >= 4 is 18.5 Å². The molecule has 20 heavy (non-hydrogen) atoms. The molecule has 0 fully saturated rings. The van der Waals surface area contributed by atoms with Crippen LogP contribution in [-0.2, 0) is 13.6 Å². The summed E-state index contributed by atoms with van der Waals surface area (Å²) >= 11 is 0. The second-order valence-corrected chi connectivity index (χ2v) is 6.44. The Morgan fingerprint density at radius 1 is 1.15 bits per heavy atom. The van der Waals surface area contributed by atoms with Crippen LogP contribution in [0.5, 0.6) is 5.75 Å². The molecule has 1 unspecified atom stereocenters. The van der Waals surface area contributed by atoms with Gasteiger partial charge >= 0.3 is 7.60 Å². The Balaban J connectivity index is 2.05. The SMILES string of the molecule is CCOP(=O)(CC)OCOc1cccc2cccnc12. The first-order chi connectivity index (χ1) is 9.68. The minimum absolute atomic E-state index is 0.124. The quantitative estimate of drug-likeness (QED) is 0.574. The molecule has 2 rings (SSSR count). The maximum Gasteiger partial charge on any atom is 0.333 e. The van der Waals surface area contributed by atoms with E-state index in [-0.39, 0.29) is 6.79 Å². The zero-order chi connectivity index (χ0) is 14.4. The van der Waals surface area contributed by atoms with Crippen LogP contribution in [0.3, 0.4) is 0 Å². The van der Waals surface area contributed by atoms with Gasteiger partial charge in [0.15, 0.2) is 6.79 Å². The van der Waals surface area contributed by atoms with Crippen LogP contribution < -0.4 is 4.74 Å². The van der Waals surface area contributed by atoms with Gasteiger partial charge in [-0.3, -0.25) is 14.1 Å². The summed E-state index contributed by atoms with van der Waals surface area (Å²) in [4.78, 5) is 4.27. The Bertz CT molecular complexity index is 612. The van der Waals surface area contributed by atoms with Crippen molar-refractivity contribution in [3.8, 4) is 5.75 Å². The lowest BCUT2D eigenvalue weighted by Gasteiger charge is -2.16. The number of hydrogen-bond donors (Lipinski definition) is 0. The van der Waals surface area contributed by atoms with Gasteiger partial charge in [-0.05, 0) is 19.1 Å². The zero-order valence-electron chi connectivity index (χ0n) is 11.6. The molecule has 1 aromatic heterocycles. The second-order valence-electron chi connectivity index (χ2n) is 4.07. The molecule has 0 aliphatic heterocycles. The first-order valence-corrected chi connectivity index (χ1v) is 8.26. The zero-order valence-corrected chi connectivity index (χ0v) is 12.5. The molecule has 0 saturated carbocycles. The molecule has 0 amide bonds. The Hall–Kier alpha value is -1.42. The molecule has 0 aliphatic rings. The summed E-state index contributed by atoms with van der Waals surface area (Å²) in [5.41, 5.74) is 0.751. The van der Waals surface area contributed by atoms with Crippen LogP contribution in [-0.4, -0.2) is 24.5 Å². The molecule has 5 nitrogen and oxygen atoms in total. The minimum Gasteiger partial charge on any atom is -0.465 e. The molecule has 1 aromatic carbocycles. The van der Waals surface area contributed by atoms with E-state index in [0.29, 0.717) is 18.5 Å². The largest absolute Gasteiger partial charge is 0.465 e. The molecule has 6 heteroatoms. The smallest absolute Gasteiger partial charge is 0.333 e. The van der Waals surface area contributed by atoms with E-state index in [1.54, 1.807) is 26.1 Å². The van der Waals surface area contributed by atoms with Crippen molar-refractivity contribution in [3.63, 3.8) is 0 Å². The number of ether oxygens (including phenoxy) is 1. The van der Waals surface area contributed by atoms with Gasteiger partial charge < -0.3 is 9.26 Å². The monoisotopic (exact) mass is 295 g/mol. The summed E-state index contributed by atoms with van der Waals surface area (Å²) < 4.78 is 28.0.